The fourth-order valence-corrected chi connectivity index (χ4v) is 2.71. The number of nitrogens with zero attached hydrogens (tertiary/aromatic N) is 4. The maximum Gasteiger partial charge on any atom is 0.234 e. The summed E-state index contributed by atoms with van der Waals surface area (Å²) in [7, 11) is 1.92. The number of hydrogen-bond acceptors (Lipinski definition) is 5. The summed E-state index contributed by atoms with van der Waals surface area (Å²) in [5, 5.41) is 18.8. The highest BCUT2D eigenvalue weighted by Gasteiger charge is 2.15. The first-order valence-corrected chi connectivity index (χ1v) is 7.72. The molecule has 2 aromatic heterocycles. The third-order valence-corrected chi connectivity index (χ3v) is 4.13. The quantitative estimate of drug-likeness (QED) is 0.825. The van der Waals surface area contributed by atoms with Gasteiger partial charge >= 0.3 is 0 Å². The first kappa shape index (κ1) is 15.6. The van der Waals surface area contributed by atoms with E-state index in [1.54, 1.807) is 0 Å². The number of thioether (sulfide) groups is 1. The van der Waals surface area contributed by atoms with E-state index in [0.29, 0.717) is 5.92 Å². The molecule has 0 unspecified atom stereocenters. The lowest BCUT2D eigenvalue weighted by Gasteiger charge is -2.06. The van der Waals surface area contributed by atoms with Gasteiger partial charge in [0.1, 0.15) is 5.82 Å². The summed E-state index contributed by atoms with van der Waals surface area (Å²) < 4.78 is 1.93. The summed E-state index contributed by atoms with van der Waals surface area (Å²) in [5.41, 5.74) is 2.39. The van der Waals surface area contributed by atoms with E-state index in [-0.39, 0.29) is 11.7 Å². The molecular weight excluding hydrogens is 288 g/mol. The van der Waals surface area contributed by atoms with Gasteiger partial charge in [0.05, 0.1) is 22.8 Å². The SMILES string of the molecule is Cc1n[nH]c(C)c1NC(=O)CSc1nnc(C(C)C)n1C. The molecule has 21 heavy (non-hydrogen) atoms. The van der Waals surface area contributed by atoms with E-state index >= 15 is 0 Å². The average Bonchev–Trinajstić information content (AvgIpc) is 2.94. The van der Waals surface area contributed by atoms with E-state index in [0.717, 1.165) is 28.1 Å². The van der Waals surface area contributed by atoms with Crippen LogP contribution in [0.2, 0.25) is 0 Å². The maximum absolute atomic E-state index is 12.0. The van der Waals surface area contributed by atoms with E-state index in [1.807, 2.05) is 25.5 Å². The summed E-state index contributed by atoms with van der Waals surface area (Å²) >= 11 is 1.37. The second-order valence-electron chi connectivity index (χ2n) is 5.20. The molecule has 2 rings (SSSR count). The van der Waals surface area contributed by atoms with Crippen LogP contribution in [0.25, 0.3) is 0 Å². The van der Waals surface area contributed by atoms with Crippen LogP contribution in [0.15, 0.2) is 5.16 Å². The zero-order valence-electron chi connectivity index (χ0n) is 12.9. The number of aromatic amines is 1. The van der Waals surface area contributed by atoms with Crippen molar-refractivity contribution in [2.75, 3.05) is 11.1 Å². The number of nitrogens with one attached hydrogen (secondary N) is 2. The van der Waals surface area contributed by atoms with E-state index in [4.69, 9.17) is 0 Å². The van der Waals surface area contributed by atoms with Crippen LogP contribution in [0.1, 0.15) is 37.0 Å². The topological polar surface area (TPSA) is 88.5 Å². The number of carbonyl (C=O) groups excluding carboxylic acids is 1. The predicted octanol–water partition coefficient (Wildman–Crippen LogP) is 2.01. The molecule has 2 aromatic rings. The fourth-order valence-electron chi connectivity index (χ4n) is 2.00. The van der Waals surface area contributed by atoms with Crippen molar-refractivity contribution in [1.29, 1.82) is 0 Å². The molecule has 0 aliphatic rings. The van der Waals surface area contributed by atoms with Crippen LogP contribution < -0.4 is 5.32 Å². The minimum Gasteiger partial charge on any atom is -0.322 e. The molecule has 2 N–H and O–H groups in total. The summed E-state index contributed by atoms with van der Waals surface area (Å²) in [5.74, 6) is 1.43. The first-order valence-electron chi connectivity index (χ1n) is 6.73. The molecule has 0 fully saturated rings. The molecule has 0 saturated carbocycles. The number of rotatable bonds is 5. The van der Waals surface area contributed by atoms with Gasteiger partial charge in [0, 0.05) is 13.0 Å². The van der Waals surface area contributed by atoms with Crippen LogP contribution in [0.3, 0.4) is 0 Å². The smallest absolute Gasteiger partial charge is 0.234 e. The largest absolute Gasteiger partial charge is 0.322 e. The third kappa shape index (κ3) is 3.44. The van der Waals surface area contributed by atoms with Crippen molar-refractivity contribution >= 4 is 23.4 Å². The Morgan fingerprint density at radius 3 is 2.62 bits per heavy atom. The number of H-pyrrole nitrogens is 1. The van der Waals surface area contributed by atoms with Gasteiger partial charge in [0.25, 0.3) is 0 Å². The molecule has 2 heterocycles. The zero-order valence-corrected chi connectivity index (χ0v) is 13.7. The van der Waals surface area contributed by atoms with E-state index in [1.165, 1.54) is 11.8 Å². The van der Waals surface area contributed by atoms with Gasteiger partial charge in [0.15, 0.2) is 5.16 Å². The zero-order chi connectivity index (χ0) is 15.6. The molecule has 7 nitrogen and oxygen atoms in total. The molecule has 0 bridgehead atoms. The first-order chi connectivity index (χ1) is 9.90. The van der Waals surface area contributed by atoms with Gasteiger partial charge in [-0.3, -0.25) is 9.89 Å². The number of aryl methyl sites for hydroxylation is 2. The number of carbonyl (C=O) groups is 1. The molecule has 1 amide bonds. The molecule has 0 saturated heterocycles. The Labute approximate surface area is 127 Å². The minimum atomic E-state index is -0.0818. The van der Waals surface area contributed by atoms with E-state index < -0.39 is 0 Å². The number of hydrogen-bond donors (Lipinski definition) is 2. The number of anilines is 1. The van der Waals surface area contributed by atoms with Crippen LogP contribution in [0.5, 0.6) is 0 Å². The van der Waals surface area contributed by atoms with Gasteiger partial charge in [-0.05, 0) is 13.8 Å². The van der Waals surface area contributed by atoms with Crippen LogP contribution in [-0.2, 0) is 11.8 Å². The Bertz CT molecular complexity index is 626. The van der Waals surface area contributed by atoms with Crippen LogP contribution in [0.4, 0.5) is 5.69 Å². The summed E-state index contributed by atoms with van der Waals surface area (Å²) in [4.78, 5) is 12.0. The van der Waals surface area contributed by atoms with Crippen molar-refractivity contribution in [3.63, 3.8) is 0 Å². The van der Waals surface area contributed by atoms with Crippen LogP contribution in [0, 0.1) is 13.8 Å². The summed E-state index contributed by atoms with van der Waals surface area (Å²) in [6.45, 7) is 7.86. The Morgan fingerprint density at radius 1 is 1.38 bits per heavy atom. The molecule has 0 spiro atoms. The number of amides is 1. The average molecular weight is 308 g/mol. The normalized spacial score (nSPS) is 11.1. The standard InChI is InChI=1S/C13H20N6OS/c1-7(2)12-17-18-13(19(12)5)21-6-10(20)14-11-8(3)15-16-9(11)4/h7H,6H2,1-5H3,(H,14,20)(H,15,16). The third-order valence-electron chi connectivity index (χ3n) is 3.11. The summed E-state index contributed by atoms with van der Waals surface area (Å²) in [6.07, 6.45) is 0. The van der Waals surface area contributed by atoms with Crippen molar-refractivity contribution in [3.8, 4) is 0 Å². The van der Waals surface area contributed by atoms with Crippen molar-refractivity contribution in [1.82, 2.24) is 25.0 Å². The van der Waals surface area contributed by atoms with Crippen molar-refractivity contribution in [2.45, 2.75) is 38.8 Å². The van der Waals surface area contributed by atoms with Crippen LogP contribution >= 0.6 is 11.8 Å². The Balaban J connectivity index is 1.96. The van der Waals surface area contributed by atoms with Gasteiger partial charge in [-0.2, -0.15) is 5.10 Å². The lowest BCUT2D eigenvalue weighted by atomic mass is 10.2. The molecule has 114 valence electrons. The molecule has 0 aromatic carbocycles. The maximum atomic E-state index is 12.0. The monoisotopic (exact) mass is 308 g/mol. The van der Waals surface area contributed by atoms with Gasteiger partial charge in [-0.25, -0.2) is 0 Å². The Morgan fingerprint density at radius 2 is 2.10 bits per heavy atom. The molecular formula is C13H20N6OS. The molecule has 8 heteroatoms. The second kappa shape index (κ2) is 6.30. The number of aromatic nitrogens is 5. The van der Waals surface area contributed by atoms with Crippen LogP contribution in [-0.4, -0.2) is 36.6 Å². The van der Waals surface area contributed by atoms with Gasteiger partial charge in [-0.15, -0.1) is 10.2 Å². The molecule has 0 aliphatic heterocycles. The lowest BCUT2D eigenvalue weighted by molar-refractivity contribution is -0.113. The molecule has 0 radical (unpaired) electrons. The van der Waals surface area contributed by atoms with Gasteiger partial charge < -0.3 is 9.88 Å². The lowest BCUT2D eigenvalue weighted by Crippen LogP contribution is -2.15. The van der Waals surface area contributed by atoms with Gasteiger partial charge in [-0.1, -0.05) is 25.6 Å². The van der Waals surface area contributed by atoms with Crippen molar-refractivity contribution in [3.05, 3.63) is 17.2 Å². The van der Waals surface area contributed by atoms with Gasteiger partial charge in [0.2, 0.25) is 5.91 Å². The highest BCUT2D eigenvalue weighted by atomic mass is 32.2. The Kier molecular flexibility index (Phi) is 4.66. The highest BCUT2D eigenvalue weighted by molar-refractivity contribution is 7.99. The predicted molar refractivity (Wildman–Crippen MR) is 82.5 cm³/mol. The Hall–Kier alpha value is -1.83. The van der Waals surface area contributed by atoms with Crippen molar-refractivity contribution < 1.29 is 4.79 Å². The second-order valence-corrected chi connectivity index (χ2v) is 6.14. The molecule has 0 atom stereocenters. The minimum absolute atomic E-state index is 0.0818. The fraction of sp³-hybridized carbons (Fsp3) is 0.538. The highest BCUT2D eigenvalue weighted by Crippen LogP contribution is 2.21. The van der Waals surface area contributed by atoms with E-state index in [2.05, 4.69) is 39.6 Å². The molecule has 0 aliphatic carbocycles. The van der Waals surface area contributed by atoms with E-state index in [9.17, 15) is 4.79 Å². The summed E-state index contributed by atoms with van der Waals surface area (Å²) in [6, 6.07) is 0. The van der Waals surface area contributed by atoms with Crippen molar-refractivity contribution in [2.24, 2.45) is 7.05 Å².